The maximum atomic E-state index is 12.2. The van der Waals surface area contributed by atoms with Crippen LogP contribution in [0, 0.1) is 0 Å². The second-order valence-electron chi connectivity index (χ2n) is 5.40. The SMILES string of the molecule is CO[C@H]1CCC[C@@H]1OC(=O)Cn1c(=O)cnc2ccccc21. The molecule has 22 heavy (non-hydrogen) atoms. The Hall–Kier alpha value is -2.21. The van der Waals surface area contributed by atoms with Gasteiger partial charge < -0.3 is 9.47 Å². The molecule has 0 N–H and O–H groups in total. The number of methoxy groups -OCH3 is 1. The molecule has 0 amide bonds. The minimum Gasteiger partial charge on any atom is -0.458 e. The third-order valence-electron chi connectivity index (χ3n) is 4.02. The standard InChI is InChI=1S/C16H18N2O4/c1-21-13-7-4-8-14(13)22-16(20)10-18-12-6-3-2-5-11(12)17-9-15(18)19/h2-3,5-6,9,13-14H,4,7-8,10H2,1H3/t13-,14-/m0/s1. The van der Waals surface area contributed by atoms with Gasteiger partial charge in [0.25, 0.3) is 5.56 Å². The van der Waals surface area contributed by atoms with E-state index < -0.39 is 5.97 Å². The zero-order valence-electron chi connectivity index (χ0n) is 12.4. The van der Waals surface area contributed by atoms with Crippen LogP contribution in [0.4, 0.5) is 0 Å². The van der Waals surface area contributed by atoms with E-state index in [0.29, 0.717) is 11.0 Å². The minimum atomic E-state index is -0.424. The van der Waals surface area contributed by atoms with Crippen molar-refractivity contribution in [3.05, 3.63) is 40.8 Å². The van der Waals surface area contributed by atoms with Gasteiger partial charge in [-0.25, -0.2) is 4.98 Å². The van der Waals surface area contributed by atoms with E-state index in [2.05, 4.69) is 4.98 Å². The molecule has 1 aromatic carbocycles. The van der Waals surface area contributed by atoms with E-state index in [4.69, 9.17) is 9.47 Å². The highest BCUT2D eigenvalue weighted by atomic mass is 16.6. The molecule has 1 fully saturated rings. The van der Waals surface area contributed by atoms with Gasteiger partial charge in [0.15, 0.2) is 0 Å². The quantitative estimate of drug-likeness (QED) is 0.801. The van der Waals surface area contributed by atoms with Crippen LogP contribution in [-0.2, 0) is 20.8 Å². The molecule has 0 bridgehead atoms. The summed E-state index contributed by atoms with van der Waals surface area (Å²) in [4.78, 5) is 28.2. The second-order valence-corrected chi connectivity index (χ2v) is 5.40. The van der Waals surface area contributed by atoms with Crippen LogP contribution in [0.1, 0.15) is 19.3 Å². The number of ether oxygens (including phenoxy) is 2. The lowest BCUT2D eigenvalue weighted by molar-refractivity contribution is -0.155. The first-order valence-electron chi connectivity index (χ1n) is 7.36. The van der Waals surface area contributed by atoms with Gasteiger partial charge in [0.2, 0.25) is 0 Å². The van der Waals surface area contributed by atoms with Crippen LogP contribution in [0.25, 0.3) is 11.0 Å². The zero-order chi connectivity index (χ0) is 15.5. The van der Waals surface area contributed by atoms with Crippen LogP contribution in [0.3, 0.4) is 0 Å². The van der Waals surface area contributed by atoms with Gasteiger partial charge in [-0.1, -0.05) is 12.1 Å². The van der Waals surface area contributed by atoms with Crippen molar-refractivity contribution in [2.24, 2.45) is 0 Å². The summed E-state index contributed by atoms with van der Waals surface area (Å²) in [6, 6.07) is 7.21. The van der Waals surface area contributed by atoms with Gasteiger partial charge in [0, 0.05) is 7.11 Å². The highest BCUT2D eigenvalue weighted by Crippen LogP contribution is 2.24. The maximum absolute atomic E-state index is 12.2. The molecule has 0 aliphatic heterocycles. The molecule has 116 valence electrons. The van der Waals surface area contributed by atoms with Crippen molar-refractivity contribution >= 4 is 17.0 Å². The van der Waals surface area contributed by atoms with Crippen molar-refractivity contribution < 1.29 is 14.3 Å². The molecule has 2 atom stereocenters. The molecular weight excluding hydrogens is 284 g/mol. The molecule has 6 heteroatoms. The first kappa shape index (κ1) is 14.7. The Morgan fingerprint density at radius 2 is 2.09 bits per heavy atom. The Labute approximate surface area is 127 Å². The lowest BCUT2D eigenvalue weighted by atomic mass is 10.2. The van der Waals surface area contributed by atoms with Crippen LogP contribution >= 0.6 is 0 Å². The Balaban J connectivity index is 1.79. The average molecular weight is 302 g/mol. The first-order chi connectivity index (χ1) is 10.7. The summed E-state index contributed by atoms with van der Waals surface area (Å²) < 4.78 is 12.2. The summed E-state index contributed by atoms with van der Waals surface area (Å²) >= 11 is 0. The van der Waals surface area contributed by atoms with Gasteiger partial charge in [0.05, 0.1) is 23.3 Å². The van der Waals surface area contributed by atoms with Crippen LogP contribution in [0.2, 0.25) is 0 Å². The van der Waals surface area contributed by atoms with Crippen molar-refractivity contribution in [1.82, 2.24) is 9.55 Å². The number of nitrogens with zero attached hydrogens (tertiary/aromatic N) is 2. The topological polar surface area (TPSA) is 70.4 Å². The first-order valence-corrected chi connectivity index (χ1v) is 7.36. The van der Waals surface area contributed by atoms with E-state index in [1.54, 1.807) is 19.2 Å². The van der Waals surface area contributed by atoms with Crippen molar-refractivity contribution in [3.63, 3.8) is 0 Å². The van der Waals surface area contributed by atoms with Crippen LogP contribution in [0.5, 0.6) is 0 Å². The Kier molecular flexibility index (Phi) is 4.20. The molecule has 1 aromatic heterocycles. The fraction of sp³-hybridized carbons (Fsp3) is 0.438. The van der Waals surface area contributed by atoms with Crippen LogP contribution in [0.15, 0.2) is 35.3 Å². The van der Waals surface area contributed by atoms with E-state index in [1.807, 2.05) is 12.1 Å². The normalized spacial score (nSPS) is 21.1. The van der Waals surface area contributed by atoms with Crippen molar-refractivity contribution in [3.8, 4) is 0 Å². The number of benzene rings is 1. The largest absolute Gasteiger partial charge is 0.458 e. The minimum absolute atomic E-state index is 0.0464. The second kappa shape index (κ2) is 6.27. The van der Waals surface area contributed by atoms with Crippen molar-refractivity contribution in [1.29, 1.82) is 0 Å². The van der Waals surface area contributed by atoms with Crippen LogP contribution < -0.4 is 5.56 Å². The molecule has 1 saturated carbocycles. The van der Waals surface area contributed by atoms with Crippen molar-refractivity contribution in [2.75, 3.05) is 7.11 Å². The number of carbonyl (C=O) groups is 1. The van der Waals surface area contributed by atoms with Gasteiger partial charge in [-0.2, -0.15) is 0 Å². The zero-order valence-corrected chi connectivity index (χ0v) is 12.4. The lowest BCUT2D eigenvalue weighted by Crippen LogP contribution is -2.31. The number of hydrogen-bond acceptors (Lipinski definition) is 5. The summed E-state index contributed by atoms with van der Waals surface area (Å²) in [6.45, 7) is -0.116. The number of hydrogen-bond donors (Lipinski definition) is 0. The van der Waals surface area contributed by atoms with Gasteiger partial charge in [0.1, 0.15) is 12.6 Å². The molecule has 1 aliphatic carbocycles. The molecule has 3 rings (SSSR count). The van der Waals surface area contributed by atoms with Gasteiger partial charge in [-0.15, -0.1) is 0 Å². The number of rotatable bonds is 4. The number of aromatic nitrogens is 2. The highest BCUT2D eigenvalue weighted by Gasteiger charge is 2.30. The molecule has 0 saturated heterocycles. The number of fused-ring (bicyclic) bond motifs is 1. The third-order valence-corrected chi connectivity index (χ3v) is 4.02. The molecular formula is C16H18N2O4. The fourth-order valence-corrected chi connectivity index (χ4v) is 2.91. The van der Waals surface area contributed by atoms with E-state index >= 15 is 0 Å². The molecule has 1 heterocycles. The monoisotopic (exact) mass is 302 g/mol. The van der Waals surface area contributed by atoms with Gasteiger partial charge in [-0.3, -0.25) is 14.2 Å². The summed E-state index contributed by atoms with van der Waals surface area (Å²) in [6.07, 6.45) is 3.64. The Morgan fingerprint density at radius 3 is 2.91 bits per heavy atom. The molecule has 6 nitrogen and oxygen atoms in total. The molecule has 0 radical (unpaired) electrons. The number of esters is 1. The summed E-state index contributed by atoms with van der Waals surface area (Å²) in [5, 5.41) is 0. The van der Waals surface area contributed by atoms with Crippen LogP contribution in [-0.4, -0.2) is 34.8 Å². The Bertz CT molecular complexity index is 740. The van der Waals surface area contributed by atoms with E-state index in [1.165, 1.54) is 10.8 Å². The lowest BCUT2D eigenvalue weighted by Gasteiger charge is -2.19. The van der Waals surface area contributed by atoms with Crippen molar-refractivity contribution in [2.45, 2.75) is 38.0 Å². The summed E-state index contributed by atoms with van der Waals surface area (Å²) in [5.41, 5.74) is 0.984. The van der Waals surface area contributed by atoms with E-state index in [0.717, 1.165) is 19.3 Å². The number of para-hydroxylation sites is 2. The summed E-state index contributed by atoms with van der Waals surface area (Å²) in [5.74, 6) is -0.424. The van der Waals surface area contributed by atoms with Gasteiger partial charge >= 0.3 is 5.97 Å². The molecule has 0 spiro atoms. The fourth-order valence-electron chi connectivity index (χ4n) is 2.91. The predicted molar refractivity (Wildman–Crippen MR) is 80.5 cm³/mol. The third kappa shape index (κ3) is 2.87. The highest BCUT2D eigenvalue weighted by molar-refractivity contribution is 5.77. The smallest absolute Gasteiger partial charge is 0.326 e. The molecule has 2 aromatic rings. The predicted octanol–water partition coefficient (Wildman–Crippen LogP) is 1.51. The maximum Gasteiger partial charge on any atom is 0.326 e. The van der Waals surface area contributed by atoms with E-state index in [9.17, 15) is 9.59 Å². The molecule has 1 aliphatic rings. The van der Waals surface area contributed by atoms with E-state index in [-0.39, 0.29) is 24.3 Å². The Morgan fingerprint density at radius 1 is 1.32 bits per heavy atom. The molecule has 0 unspecified atom stereocenters. The summed E-state index contributed by atoms with van der Waals surface area (Å²) in [7, 11) is 1.62. The van der Waals surface area contributed by atoms with Gasteiger partial charge in [-0.05, 0) is 31.4 Å². The average Bonchev–Trinajstić information content (AvgIpc) is 2.97. The number of carbonyl (C=O) groups excluding carboxylic acids is 1.